The molecular weight excluding hydrogens is 237 g/mol. The molecule has 0 radical (unpaired) electrons. The maximum Gasteiger partial charge on any atom is 0.220 e. The number of carbonyl (C=O) groups is 1. The van der Waals surface area contributed by atoms with E-state index in [1.54, 1.807) is 0 Å². The molecule has 1 rings (SSSR count). The first-order valence-electron chi connectivity index (χ1n) is 4.51. The fourth-order valence-corrected chi connectivity index (χ4v) is 1.45. The molecule has 4 nitrogen and oxygen atoms in total. The lowest BCUT2D eigenvalue weighted by Crippen LogP contribution is -2.26. The SMILES string of the molecule is NC(=O)CC(O)C(O)c1cc(Cl)ccc1F. The van der Waals surface area contributed by atoms with Gasteiger partial charge in [-0.2, -0.15) is 0 Å². The molecule has 1 amide bonds. The van der Waals surface area contributed by atoms with Crippen LogP contribution in [0.2, 0.25) is 5.02 Å². The Morgan fingerprint density at radius 3 is 2.69 bits per heavy atom. The minimum absolute atomic E-state index is 0.166. The summed E-state index contributed by atoms with van der Waals surface area (Å²) in [4.78, 5) is 10.5. The van der Waals surface area contributed by atoms with Crippen molar-refractivity contribution < 1.29 is 19.4 Å². The summed E-state index contributed by atoms with van der Waals surface area (Å²) >= 11 is 5.62. The van der Waals surface area contributed by atoms with Gasteiger partial charge in [0.05, 0.1) is 12.5 Å². The van der Waals surface area contributed by atoms with Crippen molar-refractivity contribution in [3.05, 3.63) is 34.6 Å². The minimum atomic E-state index is -1.54. The Kier molecular flexibility index (Phi) is 4.23. The first-order valence-corrected chi connectivity index (χ1v) is 4.89. The smallest absolute Gasteiger partial charge is 0.220 e. The van der Waals surface area contributed by atoms with Crippen LogP contribution in [0, 0.1) is 5.82 Å². The van der Waals surface area contributed by atoms with Crippen LogP contribution < -0.4 is 5.73 Å². The average molecular weight is 248 g/mol. The van der Waals surface area contributed by atoms with Crippen LogP contribution >= 0.6 is 11.6 Å². The molecule has 0 fully saturated rings. The van der Waals surface area contributed by atoms with Gasteiger partial charge in [0.25, 0.3) is 0 Å². The van der Waals surface area contributed by atoms with E-state index in [1.807, 2.05) is 0 Å². The maximum absolute atomic E-state index is 13.3. The van der Waals surface area contributed by atoms with Crippen LogP contribution in [-0.4, -0.2) is 22.2 Å². The molecule has 0 aliphatic carbocycles. The molecule has 0 bridgehead atoms. The van der Waals surface area contributed by atoms with Gasteiger partial charge in [-0.3, -0.25) is 4.79 Å². The standard InChI is InChI=1S/C10H11ClFNO3/c11-5-1-2-7(12)6(3-5)10(16)8(14)4-9(13)15/h1-3,8,10,14,16H,4H2,(H2,13,15). The average Bonchev–Trinajstić information content (AvgIpc) is 2.19. The number of hydrogen-bond donors (Lipinski definition) is 3. The van der Waals surface area contributed by atoms with Gasteiger partial charge in [0, 0.05) is 10.6 Å². The third-order valence-electron chi connectivity index (χ3n) is 2.05. The van der Waals surface area contributed by atoms with Gasteiger partial charge in [-0.25, -0.2) is 4.39 Å². The Labute approximate surface area is 96.4 Å². The topological polar surface area (TPSA) is 83.6 Å². The van der Waals surface area contributed by atoms with E-state index in [1.165, 1.54) is 12.1 Å². The third kappa shape index (κ3) is 3.16. The van der Waals surface area contributed by atoms with Gasteiger partial charge in [-0.05, 0) is 18.2 Å². The van der Waals surface area contributed by atoms with E-state index in [9.17, 15) is 19.4 Å². The third-order valence-corrected chi connectivity index (χ3v) is 2.29. The predicted molar refractivity (Wildman–Crippen MR) is 56.2 cm³/mol. The zero-order valence-electron chi connectivity index (χ0n) is 8.23. The van der Waals surface area contributed by atoms with Gasteiger partial charge in [0.2, 0.25) is 5.91 Å². The molecular formula is C10H11ClFNO3. The van der Waals surface area contributed by atoms with E-state index in [0.717, 1.165) is 6.07 Å². The quantitative estimate of drug-likeness (QED) is 0.734. The van der Waals surface area contributed by atoms with Crippen LogP contribution in [0.25, 0.3) is 0 Å². The molecule has 0 aliphatic rings. The molecule has 16 heavy (non-hydrogen) atoms. The second-order valence-corrected chi connectivity index (χ2v) is 3.78. The second kappa shape index (κ2) is 5.25. The fraction of sp³-hybridized carbons (Fsp3) is 0.300. The molecule has 0 saturated carbocycles. The molecule has 0 spiro atoms. The second-order valence-electron chi connectivity index (χ2n) is 3.35. The van der Waals surface area contributed by atoms with Gasteiger partial charge in [-0.15, -0.1) is 0 Å². The highest BCUT2D eigenvalue weighted by atomic mass is 35.5. The number of primary amides is 1. The van der Waals surface area contributed by atoms with Crippen molar-refractivity contribution in [3.8, 4) is 0 Å². The first kappa shape index (κ1) is 12.9. The lowest BCUT2D eigenvalue weighted by Gasteiger charge is -2.17. The molecule has 1 aromatic rings. The van der Waals surface area contributed by atoms with Crippen molar-refractivity contribution in [1.29, 1.82) is 0 Å². The van der Waals surface area contributed by atoms with E-state index >= 15 is 0 Å². The number of nitrogens with two attached hydrogens (primary N) is 1. The highest BCUT2D eigenvalue weighted by Gasteiger charge is 2.23. The van der Waals surface area contributed by atoms with Gasteiger partial charge in [-0.1, -0.05) is 11.6 Å². The maximum atomic E-state index is 13.3. The first-order chi connectivity index (χ1) is 7.41. The predicted octanol–water partition coefficient (Wildman–Crippen LogP) is 0.749. The molecule has 6 heteroatoms. The number of aliphatic hydroxyl groups excluding tert-OH is 2. The van der Waals surface area contributed by atoms with Gasteiger partial charge in [0.15, 0.2) is 0 Å². The van der Waals surface area contributed by atoms with Crippen LogP contribution in [0.4, 0.5) is 4.39 Å². The van der Waals surface area contributed by atoms with Gasteiger partial charge < -0.3 is 15.9 Å². The van der Waals surface area contributed by atoms with Crippen molar-refractivity contribution in [1.82, 2.24) is 0 Å². The number of amides is 1. The summed E-state index contributed by atoms with van der Waals surface area (Å²) in [7, 11) is 0. The van der Waals surface area contributed by atoms with E-state index in [-0.39, 0.29) is 10.6 Å². The van der Waals surface area contributed by atoms with Crippen LogP contribution in [0.3, 0.4) is 0 Å². The zero-order valence-corrected chi connectivity index (χ0v) is 8.99. The van der Waals surface area contributed by atoms with E-state index in [0.29, 0.717) is 0 Å². The van der Waals surface area contributed by atoms with E-state index in [2.05, 4.69) is 0 Å². The van der Waals surface area contributed by atoms with Crippen molar-refractivity contribution in [2.24, 2.45) is 5.73 Å². The summed E-state index contributed by atoms with van der Waals surface area (Å²) in [5, 5.41) is 19.2. The summed E-state index contributed by atoms with van der Waals surface area (Å²) < 4.78 is 13.3. The van der Waals surface area contributed by atoms with Crippen molar-refractivity contribution in [2.75, 3.05) is 0 Å². The van der Waals surface area contributed by atoms with Crippen molar-refractivity contribution >= 4 is 17.5 Å². The highest BCUT2D eigenvalue weighted by Crippen LogP contribution is 2.24. The summed E-state index contributed by atoms with van der Waals surface area (Å²) in [6.07, 6.45) is -3.44. The Hall–Kier alpha value is -1.17. The Morgan fingerprint density at radius 1 is 1.50 bits per heavy atom. The molecule has 4 N–H and O–H groups in total. The summed E-state index contributed by atoms with van der Waals surface area (Å²) in [5.41, 5.74) is 4.68. The van der Waals surface area contributed by atoms with Crippen LogP contribution in [0.1, 0.15) is 18.1 Å². The molecule has 2 unspecified atom stereocenters. The lowest BCUT2D eigenvalue weighted by atomic mass is 10.0. The minimum Gasteiger partial charge on any atom is -0.390 e. The highest BCUT2D eigenvalue weighted by molar-refractivity contribution is 6.30. The number of benzene rings is 1. The Morgan fingerprint density at radius 2 is 2.12 bits per heavy atom. The Bertz CT molecular complexity index is 400. The number of carbonyl (C=O) groups excluding carboxylic acids is 1. The van der Waals surface area contributed by atoms with Crippen LogP contribution in [0.15, 0.2) is 18.2 Å². The number of rotatable bonds is 4. The van der Waals surface area contributed by atoms with E-state index < -0.39 is 30.4 Å². The van der Waals surface area contributed by atoms with Crippen LogP contribution in [-0.2, 0) is 4.79 Å². The molecule has 0 heterocycles. The number of aliphatic hydroxyl groups is 2. The van der Waals surface area contributed by atoms with Crippen molar-refractivity contribution in [3.63, 3.8) is 0 Å². The lowest BCUT2D eigenvalue weighted by molar-refractivity contribution is -0.121. The molecule has 2 atom stereocenters. The Balaban J connectivity index is 2.90. The summed E-state index contributed by atoms with van der Waals surface area (Å²) in [6, 6.07) is 3.57. The largest absolute Gasteiger partial charge is 0.390 e. The monoisotopic (exact) mass is 247 g/mol. The normalized spacial score (nSPS) is 14.5. The number of hydrogen-bond acceptors (Lipinski definition) is 3. The number of halogens is 2. The summed E-state index contributed by atoms with van der Waals surface area (Å²) in [5.74, 6) is -1.49. The molecule has 1 aromatic carbocycles. The van der Waals surface area contributed by atoms with Crippen LogP contribution in [0.5, 0.6) is 0 Å². The molecule has 0 aromatic heterocycles. The fourth-order valence-electron chi connectivity index (χ4n) is 1.27. The van der Waals surface area contributed by atoms with Crippen molar-refractivity contribution in [2.45, 2.75) is 18.6 Å². The zero-order chi connectivity index (χ0) is 12.3. The van der Waals surface area contributed by atoms with Gasteiger partial charge >= 0.3 is 0 Å². The summed E-state index contributed by atoms with van der Waals surface area (Å²) in [6.45, 7) is 0. The molecule has 88 valence electrons. The van der Waals surface area contributed by atoms with E-state index in [4.69, 9.17) is 17.3 Å². The van der Waals surface area contributed by atoms with Gasteiger partial charge in [0.1, 0.15) is 11.9 Å². The molecule has 0 saturated heterocycles. The molecule has 0 aliphatic heterocycles.